The van der Waals surface area contributed by atoms with E-state index < -0.39 is 0 Å². The highest BCUT2D eigenvalue weighted by atomic mass is 19.1. The summed E-state index contributed by atoms with van der Waals surface area (Å²) >= 11 is 0. The summed E-state index contributed by atoms with van der Waals surface area (Å²) in [6.07, 6.45) is 1.26. The largest absolute Gasteiger partial charge is 0.347 e. The Morgan fingerprint density at radius 1 is 0.920 bits per heavy atom. The summed E-state index contributed by atoms with van der Waals surface area (Å²) in [6, 6.07) is 13.1. The molecule has 0 radical (unpaired) electrons. The molecule has 0 unspecified atom stereocenters. The van der Waals surface area contributed by atoms with Gasteiger partial charge >= 0.3 is 0 Å². The number of anilines is 2. The van der Waals surface area contributed by atoms with Gasteiger partial charge in [-0.3, -0.25) is 4.79 Å². The van der Waals surface area contributed by atoms with Crippen LogP contribution in [-0.2, 0) is 6.54 Å². The van der Waals surface area contributed by atoms with E-state index in [-0.39, 0.29) is 29.8 Å². The summed E-state index contributed by atoms with van der Waals surface area (Å²) in [7, 11) is 0. The van der Waals surface area contributed by atoms with Crippen molar-refractivity contribution in [3.8, 4) is 0 Å². The maximum absolute atomic E-state index is 12.9. The molecule has 1 amide bonds. The van der Waals surface area contributed by atoms with Crippen molar-refractivity contribution >= 4 is 17.4 Å². The molecular formula is C18H14F2N4O. The summed E-state index contributed by atoms with van der Waals surface area (Å²) in [4.78, 5) is 20.1. The van der Waals surface area contributed by atoms with E-state index in [0.717, 1.165) is 5.56 Å². The minimum absolute atomic E-state index is 0.182. The second kappa shape index (κ2) is 7.48. The highest BCUT2D eigenvalue weighted by molar-refractivity contribution is 5.92. The Hall–Kier alpha value is -3.35. The molecule has 0 bridgehead atoms. The Kier molecular flexibility index (Phi) is 4.94. The SMILES string of the molecule is O=C(NCc1ccc(F)cc1)c1cc(Nc2ccc(F)cc2)ncn1. The number of nitrogens with zero attached hydrogens (tertiary/aromatic N) is 2. The summed E-state index contributed by atoms with van der Waals surface area (Å²) in [6.45, 7) is 0.254. The summed E-state index contributed by atoms with van der Waals surface area (Å²) < 4.78 is 25.8. The molecule has 0 atom stereocenters. The van der Waals surface area contributed by atoms with Gasteiger partial charge in [0.1, 0.15) is 29.5 Å². The second-order valence-electron chi connectivity index (χ2n) is 5.23. The van der Waals surface area contributed by atoms with Crippen molar-refractivity contribution in [2.75, 3.05) is 5.32 Å². The molecule has 2 aromatic carbocycles. The van der Waals surface area contributed by atoms with E-state index in [0.29, 0.717) is 11.5 Å². The molecule has 126 valence electrons. The minimum Gasteiger partial charge on any atom is -0.347 e. The molecular weight excluding hydrogens is 326 g/mol. The lowest BCUT2D eigenvalue weighted by Crippen LogP contribution is -2.24. The lowest BCUT2D eigenvalue weighted by atomic mass is 10.2. The predicted molar refractivity (Wildman–Crippen MR) is 89.3 cm³/mol. The van der Waals surface area contributed by atoms with Gasteiger partial charge in [0.25, 0.3) is 5.91 Å². The van der Waals surface area contributed by atoms with E-state index in [1.165, 1.54) is 36.7 Å². The van der Waals surface area contributed by atoms with Crippen molar-refractivity contribution < 1.29 is 13.6 Å². The van der Waals surface area contributed by atoms with Crippen molar-refractivity contribution in [1.82, 2.24) is 15.3 Å². The van der Waals surface area contributed by atoms with Crippen LogP contribution in [0.1, 0.15) is 16.1 Å². The van der Waals surface area contributed by atoms with E-state index in [1.807, 2.05) is 0 Å². The zero-order chi connectivity index (χ0) is 17.6. The molecule has 3 rings (SSSR count). The van der Waals surface area contributed by atoms with E-state index in [9.17, 15) is 13.6 Å². The third kappa shape index (κ3) is 4.57. The van der Waals surface area contributed by atoms with Gasteiger partial charge in [-0.2, -0.15) is 0 Å². The zero-order valence-electron chi connectivity index (χ0n) is 13.0. The van der Waals surface area contributed by atoms with Crippen LogP contribution >= 0.6 is 0 Å². The van der Waals surface area contributed by atoms with Gasteiger partial charge in [0.15, 0.2) is 0 Å². The molecule has 0 aliphatic rings. The number of hydrogen-bond acceptors (Lipinski definition) is 4. The first-order valence-corrected chi connectivity index (χ1v) is 7.47. The number of hydrogen-bond donors (Lipinski definition) is 2. The molecule has 5 nitrogen and oxygen atoms in total. The maximum atomic E-state index is 12.9. The quantitative estimate of drug-likeness (QED) is 0.747. The first-order valence-electron chi connectivity index (χ1n) is 7.47. The van der Waals surface area contributed by atoms with Gasteiger partial charge in [0.05, 0.1) is 0 Å². The standard InChI is InChI=1S/C18H14F2N4O/c19-13-3-1-12(2-4-13)10-21-18(25)16-9-17(23-11-22-16)24-15-7-5-14(20)6-8-15/h1-9,11H,10H2,(H,21,25)(H,22,23,24). The fraction of sp³-hybridized carbons (Fsp3) is 0.0556. The maximum Gasteiger partial charge on any atom is 0.270 e. The number of carbonyl (C=O) groups excluding carboxylic acids is 1. The van der Waals surface area contributed by atoms with Gasteiger partial charge in [0, 0.05) is 18.3 Å². The van der Waals surface area contributed by atoms with Crippen molar-refractivity contribution in [2.24, 2.45) is 0 Å². The molecule has 3 aromatic rings. The second-order valence-corrected chi connectivity index (χ2v) is 5.23. The molecule has 0 saturated heterocycles. The summed E-state index contributed by atoms with van der Waals surface area (Å²) in [5.74, 6) is -0.640. The Morgan fingerprint density at radius 2 is 1.56 bits per heavy atom. The van der Waals surface area contributed by atoms with Crippen molar-refractivity contribution in [2.45, 2.75) is 6.54 Å². The molecule has 0 spiro atoms. The average Bonchev–Trinajstić information content (AvgIpc) is 2.63. The van der Waals surface area contributed by atoms with E-state index >= 15 is 0 Å². The fourth-order valence-electron chi connectivity index (χ4n) is 2.11. The molecule has 2 N–H and O–H groups in total. The van der Waals surface area contributed by atoms with Gasteiger partial charge < -0.3 is 10.6 Å². The first-order chi connectivity index (χ1) is 12.1. The Balaban J connectivity index is 1.64. The van der Waals surface area contributed by atoms with Crippen LogP contribution in [0.5, 0.6) is 0 Å². The lowest BCUT2D eigenvalue weighted by Gasteiger charge is -2.08. The van der Waals surface area contributed by atoms with Gasteiger partial charge in [-0.15, -0.1) is 0 Å². The molecule has 0 aliphatic carbocycles. The number of halogens is 2. The van der Waals surface area contributed by atoms with Crippen molar-refractivity contribution in [1.29, 1.82) is 0 Å². The normalized spacial score (nSPS) is 10.3. The number of aromatic nitrogens is 2. The van der Waals surface area contributed by atoms with Crippen LogP contribution in [0.2, 0.25) is 0 Å². The predicted octanol–water partition coefficient (Wildman–Crippen LogP) is 3.43. The van der Waals surface area contributed by atoms with Crippen molar-refractivity contribution in [3.63, 3.8) is 0 Å². The summed E-state index contributed by atoms with van der Waals surface area (Å²) in [5, 5.41) is 5.67. The average molecular weight is 340 g/mol. The highest BCUT2D eigenvalue weighted by Gasteiger charge is 2.09. The van der Waals surface area contributed by atoms with Gasteiger partial charge in [-0.1, -0.05) is 12.1 Å². The number of carbonyl (C=O) groups is 1. The fourth-order valence-corrected chi connectivity index (χ4v) is 2.11. The van der Waals surface area contributed by atoms with Crippen LogP contribution in [0.4, 0.5) is 20.3 Å². The first kappa shape index (κ1) is 16.5. The number of nitrogens with one attached hydrogen (secondary N) is 2. The van der Waals surface area contributed by atoms with Gasteiger partial charge in [0.2, 0.25) is 0 Å². The van der Waals surface area contributed by atoms with Crippen LogP contribution in [0.25, 0.3) is 0 Å². The number of amides is 1. The van der Waals surface area contributed by atoms with Gasteiger partial charge in [-0.05, 0) is 42.0 Å². The molecule has 0 saturated carbocycles. The Labute approximate surface area is 142 Å². The van der Waals surface area contributed by atoms with Crippen LogP contribution < -0.4 is 10.6 Å². The molecule has 0 fully saturated rings. The van der Waals surface area contributed by atoms with Crippen LogP contribution in [-0.4, -0.2) is 15.9 Å². The smallest absolute Gasteiger partial charge is 0.270 e. The van der Waals surface area contributed by atoms with Crippen molar-refractivity contribution in [3.05, 3.63) is 83.8 Å². The molecule has 1 heterocycles. The monoisotopic (exact) mass is 340 g/mol. The Morgan fingerprint density at radius 3 is 2.24 bits per heavy atom. The minimum atomic E-state index is -0.381. The number of benzene rings is 2. The Bertz CT molecular complexity index is 867. The molecule has 1 aromatic heterocycles. The van der Waals surface area contributed by atoms with E-state index in [4.69, 9.17) is 0 Å². The third-order valence-electron chi connectivity index (χ3n) is 3.38. The molecule has 0 aliphatic heterocycles. The van der Waals surface area contributed by atoms with Crippen LogP contribution in [0, 0.1) is 11.6 Å². The zero-order valence-corrected chi connectivity index (χ0v) is 13.0. The third-order valence-corrected chi connectivity index (χ3v) is 3.38. The summed E-state index contributed by atoms with van der Waals surface area (Å²) in [5.41, 5.74) is 1.59. The van der Waals surface area contributed by atoms with Crippen LogP contribution in [0.15, 0.2) is 60.9 Å². The molecule has 7 heteroatoms. The van der Waals surface area contributed by atoms with E-state index in [1.54, 1.807) is 24.3 Å². The lowest BCUT2D eigenvalue weighted by molar-refractivity contribution is 0.0946. The highest BCUT2D eigenvalue weighted by Crippen LogP contribution is 2.15. The molecule has 25 heavy (non-hydrogen) atoms. The van der Waals surface area contributed by atoms with Gasteiger partial charge in [-0.25, -0.2) is 18.7 Å². The number of rotatable bonds is 5. The van der Waals surface area contributed by atoms with E-state index in [2.05, 4.69) is 20.6 Å². The topological polar surface area (TPSA) is 66.9 Å². The van der Waals surface area contributed by atoms with Crippen LogP contribution in [0.3, 0.4) is 0 Å².